The SMILES string of the molecule is Cc1ccccc1CN1CCN(C(=O)c2cc(-c3ccc(Cl)cc3Cl)n[nH]2)CC1. The minimum absolute atomic E-state index is 0.0376. The monoisotopic (exact) mass is 428 g/mol. The van der Waals surface area contributed by atoms with Crippen molar-refractivity contribution in [3.8, 4) is 11.3 Å². The first-order valence-corrected chi connectivity index (χ1v) is 10.3. The Balaban J connectivity index is 1.39. The molecule has 29 heavy (non-hydrogen) atoms. The molecule has 0 bridgehead atoms. The number of aromatic nitrogens is 2. The second-order valence-corrected chi connectivity index (χ2v) is 8.13. The van der Waals surface area contributed by atoms with Gasteiger partial charge in [0.2, 0.25) is 0 Å². The molecule has 1 amide bonds. The van der Waals surface area contributed by atoms with Crippen LogP contribution in [0.4, 0.5) is 0 Å². The summed E-state index contributed by atoms with van der Waals surface area (Å²) in [5, 5.41) is 8.19. The van der Waals surface area contributed by atoms with Crippen molar-refractivity contribution in [3.05, 3.63) is 75.4 Å². The number of hydrogen-bond donors (Lipinski definition) is 1. The molecule has 0 saturated carbocycles. The third kappa shape index (κ3) is 4.47. The predicted octanol–water partition coefficient (Wildman–Crippen LogP) is 4.65. The number of hydrogen-bond acceptors (Lipinski definition) is 3. The van der Waals surface area contributed by atoms with Gasteiger partial charge in [0, 0.05) is 43.3 Å². The molecular formula is C22H22Cl2N4O. The number of halogens is 2. The van der Waals surface area contributed by atoms with Crippen LogP contribution in [0.25, 0.3) is 11.3 Å². The van der Waals surface area contributed by atoms with Gasteiger partial charge in [-0.2, -0.15) is 5.10 Å². The van der Waals surface area contributed by atoms with E-state index in [0.717, 1.165) is 25.2 Å². The molecule has 1 aromatic heterocycles. The van der Waals surface area contributed by atoms with E-state index in [0.29, 0.717) is 34.5 Å². The van der Waals surface area contributed by atoms with Gasteiger partial charge in [-0.05, 0) is 42.3 Å². The minimum Gasteiger partial charge on any atom is -0.335 e. The van der Waals surface area contributed by atoms with Crippen molar-refractivity contribution >= 4 is 29.1 Å². The molecular weight excluding hydrogens is 407 g/mol. The number of amides is 1. The van der Waals surface area contributed by atoms with Crippen LogP contribution in [0.1, 0.15) is 21.6 Å². The molecule has 150 valence electrons. The van der Waals surface area contributed by atoms with E-state index in [1.807, 2.05) is 4.90 Å². The van der Waals surface area contributed by atoms with Crippen LogP contribution < -0.4 is 0 Å². The molecule has 2 heterocycles. The van der Waals surface area contributed by atoms with Crippen molar-refractivity contribution < 1.29 is 4.79 Å². The summed E-state index contributed by atoms with van der Waals surface area (Å²) in [6.07, 6.45) is 0. The van der Waals surface area contributed by atoms with Gasteiger partial charge in [0.15, 0.2) is 0 Å². The summed E-state index contributed by atoms with van der Waals surface area (Å²) in [4.78, 5) is 17.1. The summed E-state index contributed by atoms with van der Waals surface area (Å²) >= 11 is 12.2. The highest BCUT2D eigenvalue weighted by Gasteiger charge is 2.24. The van der Waals surface area contributed by atoms with Gasteiger partial charge in [-0.1, -0.05) is 47.5 Å². The fourth-order valence-electron chi connectivity index (χ4n) is 3.57. The first kappa shape index (κ1) is 20.0. The van der Waals surface area contributed by atoms with Crippen molar-refractivity contribution in [2.75, 3.05) is 26.2 Å². The highest BCUT2D eigenvalue weighted by atomic mass is 35.5. The highest BCUT2D eigenvalue weighted by molar-refractivity contribution is 6.36. The smallest absolute Gasteiger partial charge is 0.271 e. The Hall–Kier alpha value is -2.34. The van der Waals surface area contributed by atoms with Crippen molar-refractivity contribution in [2.45, 2.75) is 13.5 Å². The molecule has 1 aliphatic rings. The minimum atomic E-state index is -0.0376. The number of nitrogens with one attached hydrogen (secondary N) is 1. The highest BCUT2D eigenvalue weighted by Crippen LogP contribution is 2.29. The maximum Gasteiger partial charge on any atom is 0.271 e. The number of piperazine rings is 1. The lowest BCUT2D eigenvalue weighted by molar-refractivity contribution is 0.0622. The van der Waals surface area contributed by atoms with Gasteiger partial charge < -0.3 is 4.90 Å². The molecule has 1 aliphatic heterocycles. The number of H-pyrrole nitrogens is 1. The normalized spacial score (nSPS) is 14.9. The van der Waals surface area contributed by atoms with Crippen LogP contribution in [0, 0.1) is 6.92 Å². The lowest BCUT2D eigenvalue weighted by Gasteiger charge is -2.34. The largest absolute Gasteiger partial charge is 0.335 e. The molecule has 5 nitrogen and oxygen atoms in total. The van der Waals surface area contributed by atoms with Crippen molar-refractivity contribution in [1.29, 1.82) is 0 Å². The van der Waals surface area contributed by atoms with Crippen LogP contribution >= 0.6 is 23.2 Å². The summed E-state index contributed by atoms with van der Waals surface area (Å²) in [6.45, 7) is 6.14. The Bertz CT molecular complexity index is 1030. The summed E-state index contributed by atoms with van der Waals surface area (Å²) in [5.41, 5.74) is 4.49. The van der Waals surface area contributed by atoms with Gasteiger partial charge in [0.1, 0.15) is 5.69 Å². The summed E-state index contributed by atoms with van der Waals surface area (Å²) < 4.78 is 0. The number of aromatic amines is 1. The molecule has 0 aliphatic carbocycles. The van der Waals surface area contributed by atoms with Gasteiger partial charge in [-0.15, -0.1) is 0 Å². The summed E-state index contributed by atoms with van der Waals surface area (Å²) in [6, 6.07) is 15.4. The van der Waals surface area contributed by atoms with Crippen molar-refractivity contribution in [3.63, 3.8) is 0 Å². The van der Waals surface area contributed by atoms with E-state index >= 15 is 0 Å². The van der Waals surface area contributed by atoms with E-state index in [9.17, 15) is 4.79 Å². The van der Waals surface area contributed by atoms with Gasteiger partial charge in [-0.3, -0.25) is 14.8 Å². The topological polar surface area (TPSA) is 52.2 Å². The molecule has 2 aromatic carbocycles. The summed E-state index contributed by atoms with van der Waals surface area (Å²) in [7, 11) is 0. The van der Waals surface area contributed by atoms with Gasteiger partial charge in [-0.25, -0.2) is 0 Å². The maximum atomic E-state index is 12.9. The Morgan fingerprint density at radius 1 is 1.07 bits per heavy atom. The van der Waals surface area contributed by atoms with Gasteiger partial charge in [0.25, 0.3) is 5.91 Å². The Morgan fingerprint density at radius 2 is 1.83 bits per heavy atom. The van der Waals surface area contributed by atoms with E-state index < -0.39 is 0 Å². The summed E-state index contributed by atoms with van der Waals surface area (Å²) in [5.74, 6) is -0.0376. The van der Waals surface area contributed by atoms with E-state index in [1.54, 1.807) is 24.3 Å². The first-order valence-electron chi connectivity index (χ1n) is 9.58. The number of carbonyl (C=O) groups is 1. The molecule has 1 fully saturated rings. The zero-order valence-electron chi connectivity index (χ0n) is 16.2. The third-order valence-corrected chi connectivity index (χ3v) is 5.88. The van der Waals surface area contributed by atoms with Crippen LogP contribution in [0.15, 0.2) is 48.5 Å². The Kier molecular flexibility index (Phi) is 5.90. The molecule has 0 spiro atoms. The third-order valence-electron chi connectivity index (χ3n) is 5.33. The van der Waals surface area contributed by atoms with Crippen LogP contribution in [-0.2, 0) is 6.54 Å². The van der Waals surface area contributed by atoms with E-state index in [4.69, 9.17) is 23.2 Å². The number of benzene rings is 2. The molecule has 1 saturated heterocycles. The molecule has 7 heteroatoms. The van der Waals surface area contributed by atoms with Crippen molar-refractivity contribution in [2.24, 2.45) is 0 Å². The number of nitrogens with zero attached hydrogens (tertiary/aromatic N) is 3. The van der Waals surface area contributed by atoms with Crippen LogP contribution in [0.5, 0.6) is 0 Å². The second-order valence-electron chi connectivity index (χ2n) is 7.29. The van der Waals surface area contributed by atoms with E-state index in [2.05, 4.69) is 46.3 Å². The number of carbonyl (C=O) groups excluding carboxylic acids is 1. The molecule has 1 N–H and O–H groups in total. The molecule has 0 atom stereocenters. The number of aryl methyl sites for hydroxylation is 1. The molecule has 0 radical (unpaired) electrons. The van der Waals surface area contributed by atoms with Crippen LogP contribution in [-0.4, -0.2) is 52.1 Å². The Morgan fingerprint density at radius 3 is 2.55 bits per heavy atom. The predicted molar refractivity (Wildman–Crippen MR) is 116 cm³/mol. The molecule has 0 unspecified atom stereocenters. The van der Waals surface area contributed by atoms with E-state index in [-0.39, 0.29) is 5.91 Å². The lowest BCUT2D eigenvalue weighted by atomic mass is 10.1. The van der Waals surface area contributed by atoms with Crippen LogP contribution in [0.3, 0.4) is 0 Å². The second kappa shape index (κ2) is 8.57. The first-order chi connectivity index (χ1) is 14.0. The lowest BCUT2D eigenvalue weighted by Crippen LogP contribution is -2.48. The van der Waals surface area contributed by atoms with Gasteiger partial charge >= 0.3 is 0 Å². The zero-order valence-corrected chi connectivity index (χ0v) is 17.7. The fraction of sp³-hybridized carbons (Fsp3) is 0.273. The van der Waals surface area contributed by atoms with Crippen LogP contribution in [0.2, 0.25) is 10.0 Å². The van der Waals surface area contributed by atoms with Gasteiger partial charge in [0.05, 0.1) is 10.7 Å². The average Bonchev–Trinajstić information content (AvgIpc) is 3.19. The Labute approximate surface area is 180 Å². The molecule has 4 rings (SSSR count). The zero-order chi connectivity index (χ0) is 20.4. The van der Waals surface area contributed by atoms with Crippen molar-refractivity contribution in [1.82, 2.24) is 20.0 Å². The molecule has 3 aromatic rings. The average molecular weight is 429 g/mol. The maximum absolute atomic E-state index is 12.9. The fourth-order valence-corrected chi connectivity index (χ4v) is 4.08. The quantitative estimate of drug-likeness (QED) is 0.657. The number of rotatable bonds is 4. The standard InChI is InChI=1S/C22H22Cl2N4O/c1-15-4-2-3-5-16(15)14-27-8-10-28(11-9-27)22(29)21-13-20(25-26-21)18-7-6-17(23)12-19(18)24/h2-7,12-13H,8-11,14H2,1H3,(H,25,26). The van der Waals surface area contributed by atoms with E-state index in [1.165, 1.54) is 11.1 Å².